The fourth-order valence-electron chi connectivity index (χ4n) is 3.33. The molecule has 11 nitrogen and oxygen atoms in total. The normalized spacial score (nSPS) is 17.9. The summed E-state index contributed by atoms with van der Waals surface area (Å²) in [5, 5.41) is 4.37. The Bertz CT molecular complexity index is 899. The van der Waals surface area contributed by atoms with Crippen LogP contribution in [0.25, 0.3) is 0 Å². The molecule has 0 aliphatic carbocycles. The van der Waals surface area contributed by atoms with Crippen molar-refractivity contribution in [2.45, 2.75) is 49.9 Å². The molecule has 0 saturated carbocycles. The van der Waals surface area contributed by atoms with Gasteiger partial charge in [0.25, 0.3) is 0 Å². The van der Waals surface area contributed by atoms with E-state index in [4.69, 9.17) is 11.5 Å². The smallest absolute Gasteiger partial charge is 0.241 e. The molecule has 32 heavy (non-hydrogen) atoms. The Morgan fingerprint density at radius 3 is 2.81 bits per heavy atom. The molecule has 1 saturated heterocycles. The van der Waals surface area contributed by atoms with Gasteiger partial charge in [0.2, 0.25) is 21.8 Å². The van der Waals surface area contributed by atoms with Crippen LogP contribution in [-0.2, 0) is 30.2 Å². The van der Waals surface area contributed by atoms with Gasteiger partial charge in [0.15, 0.2) is 5.96 Å². The third kappa shape index (κ3) is 8.93. The summed E-state index contributed by atoms with van der Waals surface area (Å²) >= 11 is 1.33. The summed E-state index contributed by atoms with van der Waals surface area (Å²) in [7, 11) is -3.71. The maximum Gasteiger partial charge on any atom is 0.241 e. The predicted molar refractivity (Wildman–Crippen MR) is 122 cm³/mol. The molecule has 178 valence electrons. The van der Waals surface area contributed by atoms with Gasteiger partial charge in [0.1, 0.15) is 12.3 Å². The fourth-order valence-corrected chi connectivity index (χ4v) is 5.76. The highest BCUT2D eigenvalue weighted by atomic mass is 32.2. The molecule has 2 unspecified atom stereocenters. The van der Waals surface area contributed by atoms with Crippen molar-refractivity contribution >= 4 is 45.4 Å². The Morgan fingerprint density at radius 1 is 1.38 bits per heavy atom. The number of likely N-dealkylation sites (tertiary alicyclic amines) is 1. The minimum atomic E-state index is -3.71. The third-order valence-electron chi connectivity index (χ3n) is 4.83. The molecule has 0 bridgehead atoms. The van der Waals surface area contributed by atoms with Gasteiger partial charge < -0.3 is 26.5 Å². The fraction of sp³-hybridized carbons (Fsp3) is 0.579. The van der Waals surface area contributed by atoms with Crippen LogP contribution < -0.4 is 21.5 Å². The second kappa shape index (κ2) is 12.5. The summed E-state index contributed by atoms with van der Waals surface area (Å²) in [5.41, 5.74) is 10.5. The van der Waals surface area contributed by atoms with Crippen LogP contribution in [0.3, 0.4) is 0 Å². The highest BCUT2D eigenvalue weighted by Crippen LogP contribution is 2.16. The average Bonchev–Trinajstić information content (AvgIpc) is 3.16. The summed E-state index contributed by atoms with van der Waals surface area (Å²) in [6, 6.07) is 1.84. The molecule has 6 N–H and O–H groups in total. The molecule has 0 aromatic carbocycles. The molecule has 2 amide bonds. The number of nitrogens with zero attached hydrogens (tertiary/aromatic N) is 2. The van der Waals surface area contributed by atoms with Crippen LogP contribution >= 0.6 is 11.3 Å². The Labute approximate surface area is 191 Å². The monoisotopic (exact) mass is 486 g/mol. The lowest BCUT2D eigenvalue weighted by molar-refractivity contribution is -0.137. The lowest BCUT2D eigenvalue weighted by atomic mass is 10.1. The lowest BCUT2D eigenvalue weighted by Crippen LogP contribution is -2.51. The van der Waals surface area contributed by atoms with Gasteiger partial charge >= 0.3 is 0 Å². The average molecular weight is 487 g/mol. The number of hydrogen-bond acceptors (Lipinski definition) is 7. The van der Waals surface area contributed by atoms with Gasteiger partial charge in [-0.15, -0.1) is 11.3 Å². The molecule has 1 fully saturated rings. The number of carbonyl (C=O) groups is 3. The molecule has 1 aromatic rings. The topological polar surface area (TPSA) is 177 Å². The van der Waals surface area contributed by atoms with E-state index in [2.05, 4.69) is 15.0 Å². The largest absolute Gasteiger partial charge is 0.370 e. The summed E-state index contributed by atoms with van der Waals surface area (Å²) in [6.45, 7) is 0.423. The van der Waals surface area contributed by atoms with E-state index in [9.17, 15) is 22.8 Å². The van der Waals surface area contributed by atoms with Crippen molar-refractivity contribution in [3.63, 3.8) is 0 Å². The molecule has 2 atom stereocenters. The first kappa shape index (κ1) is 25.7. The first-order chi connectivity index (χ1) is 15.2. The van der Waals surface area contributed by atoms with Gasteiger partial charge in [-0.05, 0) is 43.6 Å². The Balaban J connectivity index is 1.91. The van der Waals surface area contributed by atoms with Gasteiger partial charge in [-0.1, -0.05) is 6.07 Å². The van der Waals surface area contributed by atoms with Crippen LogP contribution in [0.15, 0.2) is 22.5 Å². The molecule has 2 heterocycles. The molecule has 2 rings (SSSR count). The number of nitrogens with one attached hydrogen (secondary N) is 2. The summed E-state index contributed by atoms with van der Waals surface area (Å²) in [4.78, 5) is 42.4. The van der Waals surface area contributed by atoms with Crippen molar-refractivity contribution in [2.24, 2.45) is 16.5 Å². The summed E-state index contributed by atoms with van der Waals surface area (Å²) in [5.74, 6) is -1.17. The van der Waals surface area contributed by atoms with Crippen LogP contribution in [0.1, 0.15) is 37.0 Å². The standard InChI is InChI=1S/C19H30N6O5S2/c20-19(21)22-8-3-5-14(12-26)23-17(27)11-25-9-2-1-7-16(18(25)28)24-32(29,30)13-15-6-4-10-31-15/h4,6,10,12,14,16,24H,1-3,5,7-9,11,13H2,(H,23,27)(H4,20,21,22). The van der Waals surface area contributed by atoms with Crippen LogP contribution in [0.5, 0.6) is 0 Å². The number of aldehydes is 1. The first-order valence-corrected chi connectivity index (χ1v) is 12.8. The molecular weight excluding hydrogens is 456 g/mol. The van der Waals surface area contributed by atoms with Crippen LogP contribution in [0.2, 0.25) is 0 Å². The number of guanidine groups is 1. The summed E-state index contributed by atoms with van der Waals surface area (Å²) < 4.78 is 27.5. The predicted octanol–water partition coefficient (Wildman–Crippen LogP) is -0.714. The van der Waals surface area contributed by atoms with Crippen molar-refractivity contribution < 1.29 is 22.8 Å². The van der Waals surface area contributed by atoms with Crippen molar-refractivity contribution in [1.29, 1.82) is 0 Å². The van der Waals surface area contributed by atoms with E-state index in [0.717, 1.165) is 0 Å². The van der Waals surface area contributed by atoms with E-state index in [0.29, 0.717) is 56.4 Å². The van der Waals surface area contributed by atoms with Gasteiger partial charge in [0.05, 0.1) is 18.3 Å². The zero-order valence-electron chi connectivity index (χ0n) is 17.7. The van der Waals surface area contributed by atoms with Crippen molar-refractivity contribution in [1.82, 2.24) is 14.9 Å². The van der Waals surface area contributed by atoms with Gasteiger partial charge in [0, 0.05) is 18.0 Å². The molecule has 13 heteroatoms. The van der Waals surface area contributed by atoms with E-state index in [1.807, 2.05) is 0 Å². The van der Waals surface area contributed by atoms with Gasteiger partial charge in [-0.2, -0.15) is 0 Å². The minimum Gasteiger partial charge on any atom is -0.370 e. The van der Waals surface area contributed by atoms with E-state index in [1.54, 1.807) is 17.5 Å². The number of nitrogens with two attached hydrogens (primary N) is 2. The minimum absolute atomic E-state index is 0.0445. The molecule has 1 aliphatic heterocycles. The van der Waals surface area contributed by atoms with Gasteiger partial charge in [-0.25, -0.2) is 13.1 Å². The van der Waals surface area contributed by atoms with Crippen LogP contribution in [0.4, 0.5) is 0 Å². The van der Waals surface area contributed by atoms with E-state index >= 15 is 0 Å². The number of sulfonamides is 1. The first-order valence-electron chi connectivity index (χ1n) is 10.3. The SMILES string of the molecule is NC(N)=NCCCC(C=O)NC(=O)CN1CCCCC(NS(=O)(=O)Cc2cccs2)C1=O. The second-order valence-electron chi connectivity index (χ2n) is 7.52. The maximum absolute atomic E-state index is 12.9. The number of thiophene rings is 1. The van der Waals surface area contributed by atoms with Crippen molar-refractivity contribution in [3.05, 3.63) is 22.4 Å². The molecular formula is C19H30N6O5S2. The third-order valence-corrected chi connectivity index (χ3v) is 7.22. The molecule has 1 aromatic heterocycles. The van der Waals surface area contributed by atoms with E-state index < -0.39 is 33.9 Å². The zero-order valence-corrected chi connectivity index (χ0v) is 19.4. The zero-order chi connectivity index (χ0) is 23.6. The second-order valence-corrected chi connectivity index (χ2v) is 10.3. The quantitative estimate of drug-likeness (QED) is 0.130. The van der Waals surface area contributed by atoms with Crippen molar-refractivity contribution in [2.75, 3.05) is 19.6 Å². The van der Waals surface area contributed by atoms with E-state index in [1.165, 1.54) is 16.2 Å². The van der Waals surface area contributed by atoms with Crippen LogP contribution in [0, 0.1) is 0 Å². The Morgan fingerprint density at radius 2 is 2.16 bits per heavy atom. The lowest BCUT2D eigenvalue weighted by Gasteiger charge is -2.25. The highest BCUT2D eigenvalue weighted by molar-refractivity contribution is 7.88. The Kier molecular flexibility index (Phi) is 10.1. The van der Waals surface area contributed by atoms with Crippen LogP contribution in [-0.4, -0.2) is 69.1 Å². The molecule has 0 spiro atoms. The number of rotatable bonds is 12. The summed E-state index contributed by atoms with van der Waals surface area (Å²) in [6.07, 6.45) is 3.14. The van der Waals surface area contributed by atoms with E-state index in [-0.39, 0.29) is 18.3 Å². The number of amides is 2. The Hall–Kier alpha value is -2.51. The van der Waals surface area contributed by atoms with Crippen molar-refractivity contribution in [3.8, 4) is 0 Å². The van der Waals surface area contributed by atoms with Gasteiger partial charge in [-0.3, -0.25) is 14.6 Å². The number of hydrogen-bond donors (Lipinski definition) is 4. The maximum atomic E-state index is 12.9. The number of aliphatic imine (C=N–C) groups is 1. The number of carbonyl (C=O) groups excluding carboxylic acids is 3. The highest BCUT2D eigenvalue weighted by Gasteiger charge is 2.31. The molecule has 0 radical (unpaired) electrons. The molecule has 1 aliphatic rings.